The first-order chi connectivity index (χ1) is 11.3. The smallest absolute Gasteiger partial charge is 0.258 e. The number of hydrogen-bond acceptors (Lipinski definition) is 6. The van der Waals surface area contributed by atoms with Gasteiger partial charge in [-0.1, -0.05) is 0 Å². The van der Waals surface area contributed by atoms with Crippen LogP contribution in [0.15, 0.2) is 32.7 Å². The standard InChI is InChI=1S/C17H19N3OS2/c1-12-4-9-23-15(12)17-19-18-16(21-17)14-2-6-20(7-3-14)10-13-5-8-22-11-13/h4-5,8-9,11,14H,2-3,6-7,10H2,1H3. The predicted octanol–water partition coefficient (Wildman–Crippen LogP) is 4.55. The van der Waals surface area contributed by atoms with E-state index in [1.54, 1.807) is 22.7 Å². The van der Waals surface area contributed by atoms with Gasteiger partial charge in [0, 0.05) is 12.5 Å². The topological polar surface area (TPSA) is 42.2 Å². The molecule has 4 heterocycles. The molecular formula is C17H19N3OS2. The molecule has 0 N–H and O–H groups in total. The lowest BCUT2D eigenvalue weighted by atomic mass is 9.96. The normalized spacial score (nSPS) is 16.9. The number of thiophene rings is 2. The summed E-state index contributed by atoms with van der Waals surface area (Å²) in [5.74, 6) is 1.88. The van der Waals surface area contributed by atoms with Gasteiger partial charge in [0.25, 0.3) is 5.89 Å². The quantitative estimate of drug-likeness (QED) is 0.696. The van der Waals surface area contributed by atoms with E-state index in [1.807, 2.05) is 0 Å². The van der Waals surface area contributed by atoms with Crippen molar-refractivity contribution in [1.82, 2.24) is 15.1 Å². The van der Waals surface area contributed by atoms with Crippen molar-refractivity contribution in [1.29, 1.82) is 0 Å². The molecule has 4 nitrogen and oxygen atoms in total. The number of nitrogens with zero attached hydrogens (tertiary/aromatic N) is 3. The van der Waals surface area contributed by atoms with Gasteiger partial charge in [-0.05, 0) is 72.3 Å². The van der Waals surface area contributed by atoms with Gasteiger partial charge in [0.15, 0.2) is 0 Å². The first kappa shape index (κ1) is 15.1. The lowest BCUT2D eigenvalue weighted by Crippen LogP contribution is -2.32. The highest BCUT2D eigenvalue weighted by Crippen LogP contribution is 2.32. The lowest BCUT2D eigenvalue weighted by Gasteiger charge is -2.30. The van der Waals surface area contributed by atoms with Gasteiger partial charge in [0.1, 0.15) is 0 Å². The van der Waals surface area contributed by atoms with E-state index in [9.17, 15) is 0 Å². The molecule has 3 aromatic heterocycles. The van der Waals surface area contributed by atoms with Crippen LogP contribution in [0.2, 0.25) is 0 Å². The maximum atomic E-state index is 5.96. The largest absolute Gasteiger partial charge is 0.420 e. The Labute approximate surface area is 143 Å². The fraction of sp³-hybridized carbons (Fsp3) is 0.412. The summed E-state index contributed by atoms with van der Waals surface area (Å²) in [4.78, 5) is 3.61. The Bertz CT molecular complexity index is 755. The molecule has 0 amide bonds. The third kappa shape index (κ3) is 3.24. The minimum absolute atomic E-state index is 0.398. The summed E-state index contributed by atoms with van der Waals surface area (Å²) in [6.07, 6.45) is 2.18. The van der Waals surface area contributed by atoms with Crippen LogP contribution in [-0.4, -0.2) is 28.2 Å². The summed E-state index contributed by atoms with van der Waals surface area (Å²) in [7, 11) is 0. The van der Waals surface area contributed by atoms with Crippen LogP contribution in [0.5, 0.6) is 0 Å². The van der Waals surface area contributed by atoms with Crippen molar-refractivity contribution >= 4 is 22.7 Å². The zero-order valence-corrected chi connectivity index (χ0v) is 14.7. The zero-order chi connectivity index (χ0) is 15.6. The summed E-state index contributed by atoms with van der Waals surface area (Å²) >= 11 is 3.43. The Morgan fingerprint density at radius 2 is 2.09 bits per heavy atom. The van der Waals surface area contributed by atoms with Crippen LogP contribution in [-0.2, 0) is 6.54 Å². The van der Waals surface area contributed by atoms with Crippen molar-refractivity contribution in [2.75, 3.05) is 13.1 Å². The number of rotatable bonds is 4. The Morgan fingerprint density at radius 3 is 2.78 bits per heavy atom. The average Bonchev–Trinajstić information content (AvgIpc) is 3.29. The highest BCUT2D eigenvalue weighted by Gasteiger charge is 2.25. The predicted molar refractivity (Wildman–Crippen MR) is 93.9 cm³/mol. The van der Waals surface area contributed by atoms with Gasteiger partial charge >= 0.3 is 0 Å². The van der Waals surface area contributed by atoms with Gasteiger partial charge in [-0.15, -0.1) is 21.5 Å². The second kappa shape index (κ2) is 6.55. The van der Waals surface area contributed by atoms with E-state index in [4.69, 9.17) is 4.42 Å². The highest BCUT2D eigenvalue weighted by atomic mass is 32.1. The molecule has 0 atom stereocenters. The minimum atomic E-state index is 0.398. The Hall–Kier alpha value is -1.50. The van der Waals surface area contributed by atoms with Gasteiger partial charge < -0.3 is 4.42 Å². The fourth-order valence-corrected chi connectivity index (χ4v) is 4.57. The Balaban J connectivity index is 1.39. The van der Waals surface area contributed by atoms with Crippen LogP contribution in [0, 0.1) is 6.92 Å². The van der Waals surface area contributed by atoms with E-state index in [2.05, 4.69) is 50.3 Å². The van der Waals surface area contributed by atoms with E-state index in [-0.39, 0.29) is 0 Å². The van der Waals surface area contributed by atoms with E-state index >= 15 is 0 Å². The molecule has 0 bridgehead atoms. The molecule has 23 heavy (non-hydrogen) atoms. The molecule has 120 valence electrons. The molecule has 0 radical (unpaired) electrons. The van der Waals surface area contributed by atoms with Crippen LogP contribution in [0.25, 0.3) is 10.8 Å². The maximum absolute atomic E-state index is 5.96. The Morgan fingerprint density at radius 1 is 1.22 bits per heavy atom. The minimum Gasteiger partial charge on any atom is -0.420 e. The fourth-order valence-electron chi connectivity index (χ4n) is 3.06. The third-order valence-corrected chi connectivity index (χ3v) is 6.16. The summed E-state index contributed by atoms with van der Waals surface area (Å²) < 4.78 is 5.96. The van der Waals surface area contributed by atoms with Crippen molar-refractivity contribution < 1.29 is 4.42 Å². The lowest BCUT2D eigenvalue weighted by molar-refractivity contribution is 0.193. The first-order valence-corrected chi connectivity index (χ1v) is 9.73. The monoisotopic (exact) mass is 345 g/mol. The summed E-state index contributed by atoms with van der Waals surface area (Å²) in [5.41, 5.74) is 2.62. The van der Waals surface area contributed by atoms with Gasteiger partial charge in [0.05, 0.1) is 4.88 Å². The van der Waals surface area contributed by atoms with Gasteiger partial charge in [-0.3, -0.25) is 4.90 Å². The van der Waals surface area contributed by atoms with Crippen LogP contribution < -0.4 is 0 Å². The molecule has 0 spiro atoms. The molecule has 1 saturated heterocycles. The van der Waals surface area contributed by atoms with Crippen molar-refractivity contribution in [3.05, 3.63) is 45.3 Å². The number of aryl methyl sites for hydroxylation is 1. The van der Waals surface area contributed by atoms with Crippen LogP contribution in [0.4, 0.5) is 0 Å². The van der Waals surface area contributed by atoms with Crippen molar-refractivity contribution in [3.63, 3.8) is 0 Å². The molecule has 1 aliphatic heterocycles. The van der Waals surface area contributed by atoms with Crippen molar-refractivity contribution in [2.24, 2.45) is 0 Å². The van der Waals surface area contributed by atoms with Crippen molar-refractivity contribution in [3.8, 4) is 10.8 Å². The summed E-state index contributed by atoms with van der Waals surface area (Å²) in [6, 6.07) is 4.30. The van der Waals surface area contributed by atoms with Crippen LogP contribution >= 0.6 is 22.7 Å². The van der Waals surface area contributed by atoms with Crippen LogP contribution in [0.1, 0.15) is 35.8 Å². The number of likely N-dealkylation sites (tertiary alicyclic amines) is 1. The molecule has 1 fully saturated rings. The first-order valence-electron chi connectivity index (χ1n) is 7.91. The second-order valence-corrected chi connectivity index (χ2v) is 7.76. The van der Waals surface area contributed by atoms with E-state index in [0.717, 1.165) is 43.2 Å². The van der Waals surface area contributed by atoms with E-state index in [0.29, 0.717) is 11.8 Å². The van der Waals surface area contributed by atoms with Gasteiger partial charge in [-0.25, -0.2) is 0 Å². The molecule has 0 unspecified atom stereocenters. The molecule has 0 aliphatic carbocycles. The zero-order valence-electron chi connectivity index (χ0n) is 13.1. The SMILES string of the molecule is Cc1ccsc1-c1nnc(C2CCN(Cc3ccsc3)CC2)o1. The number of piperidine rings is 1. The van der Waals surface area contributed by atoms with E-state index in [1.165, 1.54) is 11.1 Å². The molecular weight excluding hydrogens is 326 g/mol. The molecule has 0 aromatic carbocycles. The summed E-state index contributed by atoms with van der Waals surface area (Å²) in [6.45, 7) is 5.32. The summed E-state index contributed by atoms with van der Waals surface area (Å²) in [5, 5.41) is 15.0. The number of aromatic nitrogens is 2. The molecule has 4 rings (SSSR count). The van der Waals surface area contributed by atoms with Gasteiger partial charge in [-0.2, -0.15) is 11.3 Å². The van der Waals surface area contributed by atoms with Gasteiger partial charge in [0.2, 0.25) is 5.89 Å². The molecule has 6 heteroatoms. The number of hydrogen-bond donors (Lipinski definition) is 0. The molecule has 0 saturated carbocycles. The highest BCUT2D eigenvalue weighted by molar-refractivity contribution is 7.13. The van der Waals surface area contributed by atoms with Crippen LogP contribution in [0.3, 0.4) is 0 Å². The third-order valence-electron chi connectivity index (χ3n) is 4.42. The molecule has 1 aliphatic rings. The Kier molecular flexibility index (Phi) is 4.29. The average molecular weight is 345 g/mol. The second-order valence-electron chi connectivity index (χ2n) is 6.06. The molecule has 3 aromatic rings. The van der Waals surface area contributed by atoms with E-state index < -0.39 is 0 Å². The maximum Gasteiger partial charge on any atom is 0.258 e. The van der Waals surface area contributed by atoms with Crippen molar-refractivity contribution in [2.45, 2.75) is 32.2 Å².